The van der Waals surface area contributed by atoms with Crippen molar-refractivity contribution >= 4 is 15.9 Å². The fourth-order valence-corrected chi connectivity index (χ4v) is 1.12. The Bertz CT molecular complexity index is 387. The van der Waals surface area contributed by atoms with E-state index in [9.17, 15) is 0 Å². The third-order valence-corrected chi connectivity index (χ3v) is 1.77. The molecule has 4 nitrogen and oxygen atoms in total. The number of hydrogen-bond acceptors (Lipinski definition) is 3. The molecule has 2 heterocycles. The number of pyridine rings is 1. The third-order valence-electron chi connectivity index (χ3n) is 1.37. The van der Waals surface area contributed by atoms with Gasteiger partial charge in [0.15, 0.2) is 0 Å². The summed E-state index contributed by atoms with van der Waals surface area (Å²) in [5, 5.41) is 0. The highest BCUT2D eigenvalue weighted by molar-refractivity contribution is 9.10. The Balaban J connectivity index is 2.15. The van der Waals surface area contributed by atoms with Crippen molar-refractivity contribution in [2.24, 2.45) is 0 Å². The zero-order valence-electron chi connectivity index (χ0n) is 6.57. The molecule has 0 aliphatic carbocycles. The van der Waals surface area contributed by atoms with Crippen molar-refractivity contribution in [2.75, 3.05) is 0 Å². The maximum Gasteiger partial charge on any atom is 0.300 e. The van der Waals surface area contributed by atoms with Crippen molar-refractivity contribution in [3.63, 3.8) is 0 Å². The van der Waals surface area contributed by atoms with E-state index in [1.165, 1.54) is 0 Å². The molecule has 0 aromatic carbocycles. The number of halogens is 1. The SMILES string of the molecule is Brc1cnc(Oc2cccnc2)[nH]1. The number of aromatic nitrogens is 3. The molecule has 5 heteroatoms. The summed E-state index contributed by atoms with van der Waals surface area (Å²) in [6, 6.07) is 4.05. The quantitative estimate of drug-likeness (QED) is 0.876. The molecule has 0 saturated heterocycles. The lowest BCUT2D eigenvalue weighted by atomic mass is 10.5. The van der Waals surface area contributed by atoms with Crippen molar-refractivity contribution < 1.29 is 4.74 Å². The molecule has 2 aromatic rings. The molecule has 0 amide bonds. The standard InChI is InChI=1S/C8H6BrN3O/c9-7-5-11-8(12-7)13-6-2-1-3-10-4-6/h1-5H,(H,11,12). The minimum Gasteiger partial charge on any atom is -0.424 e. The number of rotatable bonds is 2. The molecule has 13 heavy (non-hydrogen) atoms. The van der Waals surface area contributed by atoms with E-state index >= 15 is 0 Å². The largest absolute Gasteiger partial charge is 0.424 e. The van der Waals surface area contributed by atoms with Crippen LogP contribution in [-0.2, 0) is 0 Å². The number of H-pyrrole nitrogens is 1. The highest BCUT2D eigenvalue weighted by atomic mass is 79.9. The van der Waals surface area contributed by atoms with Crippen molar-refractivity contribution in [1.82, 2.24) is 15.0 Å². The molecule has 0 aliphatic heterocycles. The van der Waals surface area contributed by atoms with E-state index in [0.717, 1.165) is 4.60 Å². The molecule has 0 spiro atoms. The van der Waals surface area contributed by atoms with Gasteiger partial charge < -0.3 is 9.72 Å². The maximum atomic E-state index is 5.34. The van der Waals surface area contributed by atoms with Crippen LogP contribution < -0.4 is 4.74 Å². The first-order chi connectivity index (χ1) is 6.34. The Morgan fingerprint density at radius 1 is 1.38 bits per heavy atom. The van der Waals surface area contributed by atoms with E-state index in [2.05, 4.69) is 30.9 Å². The normalized spacial score (nSPS) is 9.92. The zero-order chi connectivity index (χ0) is 9.10. The molecule has 0 radical (unpaired) electrons. The van der Waals surface area contributed by atoms with Gasteiger partial charge >= 0.3 is 0 Å². The van der Waals surface area contributed by atoms with Crippen LogP contribution in [0.1, 0.15) is 0 Å². The number of hydrogen-bond donors (Lipinski definition) is 1. The summed E-state index contributed by atoms with van der Waals surface area (Å²) in [5.74, 6) is 0.657. The second-order valence-electron chi connectivity index (χ2n) is 2.33. The van der Waals surface area contributed by atoms with Gasteiger partial charge in [-0.25, -0.2) is 4.98 Å². The fourth-order valence-electron chi connectivity index (χ4n) is 0.853. The lowest BCUT2D eigenvalue weighted by Crippen LogP contribution is -1.85. The van der Waals surface area contributed by atoms with Gasteiger partial charge in [0.05, 0.1) is 12.4 Å². The molecule has 0 unspecified atom stereocenters. The highest BCUT2D eigenvalue weighted by Gasteiger charge is 1.99. The number of imidazole rings is 1. The van der Waals surface area contributed by atoms with Gasteiger partial charge in [0.1, 0.15) is 10.4 Å². The van der Waals surface area contributed by atoms with Crippen LogP contribution in [0.2, 0.25) is 0 Å². The van der Waals surface area contributed by atoms with E-state index in [1.54, 1.807) is 24.7 Å². The second kappa shape index (κ2) is 3.57. The first-order valence-corrected chi connectivity index (χ1v) is 4.42. The molecular weight excluding hydrogens is 234 g/mol. The van der Waals surface area contributed by atoms with Gasteiger partial charge in [-0.2, -0.15) is 0 Å². The first-order valence-electron chi connectivity index (χ1n) is 3.63. The Hall–Kier alpha value is -1.36. The van der Waals surface area contributed by atoms with Crippen molar-refractivity contribution in [1.29, 1.82) is 0 Å². The highest BCUT2D eigenvalue weighted by Crippen LogP contribution is 2.17. The minimum absolute atomic E-state index is 0.444. The first kappa shape index (κ1) is 8.25. The topological polar surface area (TPSA) is 50.8 Å². The molecule has 0 bridgehead atoms. The summed E-state index contributed by atoms with van der Waals surface area (Å²) in [4.78, 5) is 10.7. The molecular formula is C8H6BrN3O. The summed E-state index contributed by atoms with van der Waals surface area (Å²) in [6.07, 6.45) is 4.94. The summed E-state index contributed by atoms with van der Waals surface area (Å²) in [5.41, 5.74) is 0. The summed E-state index contributed by atoms with van der Waals surface area (Å²) >= 11 is 3.23. The van der Waals surface area contributed by atoms with Crippen LogP contribution in [0.15, 0.2) is 35.3 Å². The second-order valence-corrected chi connectivity index (χ2v) is 3.18. The van der Waals surface area contributed by atoms with Gasteiger partial charge in [-0.1, -0.05) is 0 Å². The van der Waals surface area contributed by atoms with Crippen LogP contribution in [0.5, 0.6) is 11.8 Å². The smallest absolute Gasteiger partial charge is 0.300 e. The summed E-state index contributed by atoms with van der Waals surface area (Å²) in [7, 11) is 0. The van der Waals surface area contributed by atoms with Gasteiger partial charge in [0.25, 0.3) is 6.01 Å². The van der Waals surface area contributed by atoms with Gasteiger partial charge in [-0.3, -0.25) is 4.98 Å². The Morgan fingerprint density at radius 3 is 2.92 bits per heavy atom. The predicted octanol–water partition coefficient (Wildman–Crippen LogP) is 2.36. The van der Waals surface area contributed by atoms with Crippen LogP contribution in [0.25, 0.3) is 0 Å². The van der Waals surface area contributed by atoms with E-state index in [1.807, 2.05) is 6.07 Å². The van der Waals surface area contributed by atoms with Crippen LogP contribution >= 0.6 is 15.9 Å². The third kappa shape index (κ3) is 2.06. The van der Waals surface area contributed by atoms with E-state index in [4.69, 9.17) is 4.74 Å². The zero-order valence-corrected chi connectivity index (χ0v) is 8.15. The minimum atomic E-state index is 0.444. The average Bonchev–Trinajstić information content (AvgIpc) is 2.53. The average molecular weight is 240 g/mol. The van der Waals surface area contributed by atoms with E-state index in [-0.39, 0.29) is 0 Å². The molecule has 2 rings (SSSR count). The van der Waals surface area contributed by atoms with E-state index in [0.29, 0.717) is 11.8 Å². The molecule has 0 saturated carbocycles. The van der Waals surface area contributed by atoms with Crippen LogP contribution in [0.4, 0.5) is 0 Å². The number of nitrogens with zero attached hydrogens (tertiary/aromatic N) is 2. The number of aromatic amines is 1. The van der Waals surface area contributed by atoms with Crippen LogP contribution in [-0.4, -0.2) is 15.0 Å². The molecule has 1 N–H and O–H groups in total. The lowest BCUT2D eigenvalue weighted by molar-refractivity contribution is 0.445. The van der Waals surface area contributed by atoms with Crippen LogP contribution in [0, 0.1) is 0 Å². The Kier molecular flexibility index (Phi) is 2.27. The lowest BCUT2D eigenvalue weighted by Gasteiger charge is -1.98. The predicted molar refractivity (Wildman–Crippen MR) is 50.6 cm³/mol. The fraction of sp³-hybridized carbons (Fsp3) is 0. The molecule has 0 aliphatic rings. The van der Waals surface area contributed by atoms with Crippen molar-refractivity contribution in [3.05, 3.63) is 35.3 Å². The van der Waals surface area contributed by atoms with Gasteiger partial charge in [0.2, 0.25) is 0 Å². The number of ether oxygens (including phenoxy) is 1. The van der Waals surface area contributed by atoms with Crippen molar-refractivity contribution in [3.8, 4) is 11.8 Å². The molecule has 0 fully saturated rings. The van der Waals surface area contributed by atoms with Gasteiger partial charge in [-0.15, -0.1) is 0 Å². The maximum absolute atomic E-state index is 5.34. The number of nitrogens with one attached hydrogen (secondary N) is 1. The van der Waals surface area contributed by atoms with Gasteiger partial charge in [0, 0.05) is 6.20 Å². The monoisotopic (exact) mass is 239 g/mol. The molecule has 0 atom stereocenters. The molecule has 66 valence electrons. The Morgan fingerprint density at radius 2 is 2.31 bits per heavy atom. The van der Waals surface area contributed by atoms with Crippen LogP contribution in [0.3, 0.4) is 0 Å². The van der Waals surface area contributed by atoms with E-state index < -0.39 is 0 Å². The van der Waals surface area contributed by atoms with Gasteiger partial charge in [-0.05, 0) is 28.1 Å². The summed E-state index contributed by atoms with van der Waals surface area (Å²) < 4.78 is 6.12. The Labute approximate surface area is 83.1 Å². The molecule has 2 aromatic heterocycles. The summed E-state index contributed by atoms with van der Waals surface area (Å²) in [6.45, 7) is 0. The van der Waals surface area contributed by atoms with Crippen molar-refractivity contribution in [2.45, 2.75) is 0 Å².